The van der Waals surface area contributed by atoms with Gasteiger partial charge >= 0.3 is 0 Å². The zero-order valence-corrected chi connectivity index (χ0v) is 10.7. The van der Waals surface area contributed by atoms with Crippen molar-refractivity contribution in [2.24, 2.45) is 0 Å². The molecule has 2 N–H and O–H groups in total. The molecule has 0 saturated carbocycles. The molecule has 1 aliphatic heterocycles. The van der Waals surface area contributed by atoms with Crippen LogP contribution in [0.25, 0.3) is 0 Å². The Hall–Kier alpha value is -1.23. The van der Waals surface area contributed by atoms with Gasteiger partial charge in [-0.1, -0.05) is 0 Å². The van der Waals surface area contributed by atoms with Crippen molar-refractivity contribution in [2.75, 3.05) is 17.7 Å². The van der Waals surface area contributed by atoms with Crippen molar-refractivity contribution in [3.8, 4) is 5.75 Å². The van der Waals surface area contributed by atoms with Crippen LogP contribution in [0, 0.1) is 0 Å². The van der Waals surface area contributed by atoms with Crippen molar-refractivity contribution in [3.63, 3.8) is 0 Å². The molecule has 1 aromatic carbocycles. The number of benzene rings is 1. The third kappa shape index (κ3) is 2.00. The molecule has 1 aliphatic rings. The number of methoxy groups -OCH3 is 1. The number of fused-ring (bicyclic) bond motifs is 1. The van der Waals surface area contributed by atoms with Crippen LogP contribution in [-0.4, -0.2) is 19.1 Å². The van der Waals surface area contributed by atoms with Crippen LogP contribution in [0.4, 0.5) is 11.4 Å². The number of carbonyl (C=O) groups is 1. The number of rotatable bonds is 1. The van der Waals surface area contributed by atoms with Gasteiger partial charge in [-0.25, -0.2) is 0 Å². The van der Waals surface area contributed by atoms with Gasteiger partial charge in [0.25, 0.3) is 0 Å². The van der Waals surface area contributed by atoms with E-state index in [0.717, 1.165) is 10.2 Å². The zero-order chi connectivity index (χ0) is 11.7. The summed E-state index contributed by atoms with van der Waals surface area (Å²) in [5, 5.41) is 6.14. The highest BCUT2D eigenvalue weighted by molar-refractivity contribution is 9.10. The summed E-state index contributed by atoms with van der Waals surface area (Å²) >= 11 is 3.46. The molecule has 16 heavy (non-hydrogen) atoms. The molecule has 0 aliphatic carbocycles. The van der Waals surface area contributed by atoms with Gasteiger partial charge < -0.3 is 15.4 Å². The Kier molecular flexibility index (Phi) is 3.05. The van der Waals surface area contributed by atoms with Crippen LogP contribution in [0.3, 0.4) is 0 Å². The Labute approximate surface area is 102 Å². The fourth-order valence-corrected chi connectivity index (χ4v) is 2.20. The Balaban J connectivity index is 2.54. The molecule has 0 spiro atoms. The van der Waals surface area contributed by atoms with E-state index in [4.69, 9.17) is 4.74 Å². The molecule has 0 saturated heterocycles. The van der Waals surface area contributed by atoms with Crippen LogP contribution in [0.15, 0.2) is 16.6 Å². The minimum absolute atomic E-state index is 0.00449. The second-order valence-electron chi connectivity index (χ2n) is 3.80. The van der Waals surface area contributed by atoms with Crippen LogP contribution in [0.5, 0.6) is 5.75 Å². The molecule has 1 unspecified atom stereocenters. The molecular formula is C11H13BrN2O2. The van der Waals surface area contributed by atoms with Gasteiger partial charge in [0.2, 0.25) is 5.91 Å². The quantitative estimate of drug-likeness (QED) is 0.834. The Morgan fingerprint density at radius 2 is 2.19 bits per heavy atom. The number of ether oxygens (including phenoxy) is 1. The van der Waals surface area contributed by atoms with E-state index in [1.54, 1.807) is 7.11 Å². The Bertz CT molecular complexity index is 434. The van der Waals surface area contributed by atoms with Crippen molar-refractivity contribution in [1.82, 2.24) is 0 Å². The van der Waals surface area contributed by atoms with Gasteiger partial charge in [-0.15, -0.1) is 0 Å². The summed E-state index contributed by atoms with van der Waals surface area (Å²) in [5.41, 5.74) is 1.57. The van der Waals surface area contributed by atoms with E-state index in [-0.39, 0.29) is 11.9 Å². The summed E-state index contributed by atoms with van der Waals surface area (Å²) in [6.45, 7) is 1.97. The van der Waals surface area contributed by atoms with Crippen LogP contribution >= 0.6 is 15.9 Å². The third-order valence-corrected chi connectivity index (χ3v) is 3.14. The Morgan fingerprint density at radius 1 is 1.44 bits per heavy atom. The van der Waals surface area contributed by atoms with Crippen molar-refractivity contribution < 1.29 is 9.53 Å². The predicted molar refractivity (Wildman–Crippen MR) is 67.0 cm³/mol. The van der Waals surface area contributed by atoms with Crippen molar-refractivity contribution in [2.45, 2.75) is 19.4 Å². The van der Waals surface area contributed by atoms with Crippen molar-refractivity contribution in [1.29, 1.82) is 0 Å². The number of hydrogen-bond donors (Lipinski definition) is 2. The molecule has 1 atom stereocenters. The smallest absolute Gasteiger partial charge is 0.226 e. The highest BCUT2D eigenvalue weighted by Crippen LogP contribution is 2.40. The Morgan fingerprint density at radius 3 is 2.88 bits per heavy atom. The molecule has 5 heteroatoms. The summed E-state index contributed by atoms with van der Waals surface area (Å²) in [7, 11) is 1.59. The van der Waals surface area contributed by atoms with Gasteiger partial charge in [0.05, 0.1) is 12.8 Å². The molecule has 1 aromatic rings. The minimum Gasteiger partial charge on any atom is -0.494 e. The summed E-state index contributed by atoms with van der Waals surface area (Å²) in [5.74, 6) is 0.656. The second-order valence-corrected chi connectivity index (χ2v) is 4.65. The average molecular weight is 285 g/mol. The van der Waals surface area contributed by atoms with E-state index < -0.39 is 0 Å². The summed E-state index contributed by atoms with van der Waals surface area (Å²) in [6, 6.07) is 3.82. The number of anilines is 2. The van der Waals surface area contributed by atoms with Crippen molar-refractivity contribution in [3.05, 3.63) is 16.6 Å². The first-order valence-electron chi connectivity index (χ1n) is 5.04. The highest BCUT2D eigenvalue weighted by atomic mass is 79.9. The van der Waals surface area contributed by atoms with Crippen LogP contribution < -0.4 is 15.4 Å². The molecule has 86 valence electrons. The monoisotopic (exact) mass is 284 g/mol. The first-order chi connectivity index (χ1) is 7.61. The fraction of sp³-hybridized carbons (Fsp3) is 0.364. The van der Waals surface area contributed by atoms with E-state index in [0.29, 0.717) is 17.9 Å². The lowest BCUT2D eigenvalue weighted by molar-refractivity contribution is -0.116. The molecular weight excluding hydrogens is 272 g/mol. The number of hydrogen-bond acceptors (Lipinski definition) is 3. The first-order valence-corrected chi connectivity index (χ1v) is 5.84. The summed E-state index contributed by atoms with van der Waals surface area (Å²) in [4.78, 5) is 11.6. The number of halogens is 1. The van der Waals surface area contributed by atoms with E-state index in [1.807, 2.05) is 19.1 Å². The molecule has 4 nitrogen and oxygen atoms in total. The SMILES string of the molecule is COc1ccc(Br)c2c1NC(=O)CC(C)N2. The second kappa shape index (κ2) is 4.33. The van der Waals surface area contributed by atoms with Gasteiger partial charge in [-0.05, 0) is 35.0 Å². The van der Waals surface area contributed by atoms with Gasteiger partial charge in [-0.3, -0.25) is 4.79 Å². The molecule has 1 heterocycles. The van der Waals surface area contributed by atoms with Gasteiger partial charge in [0.1, 0.15) is 11.4 Å². The lowest BCUT2D eigenvalue weighted by Gasteiger charge is -2.15. The standard InChI is InChI=1S/C11H13BrN2O2/c1-6-5-9(15)14-11-8(16-2)4-3-7(12)10(11)13-6/h3-4,6,13H,5H2,1-2H3,(H,14,15). The zero-order valence-electron chi connectivity index (χ0n) is 9.13. The normalized spacial score (nSPS) is 19.2. The minimum atomic E-state index is -0.00449. The molecule has 2 rings (SSSR count). The number of carbonyl (C=O) groups excluding carboxylic acids is 1. The van der Waals surface area contributed by atoms with Crippen LogP contribution in [0.1, 0.15) is 13.3 Å². The average Bonchev–Trinajstić information content (AvgIpc) is 2.37. The van der Waals surface area contributed by atoms with E-state index in [2.05, 4.69) is 26.6 Å². The van der Waals surface area contributed by atoms with Crippen LogP contribution in [0.2, 0.25) is 0 Å². The van der Waals surface area contributed by atoms with E-state index in [9.17, 15) is 4.79 Å². The third-order valence-electron chi connectivity index (χ3n) is 2.48. The van der Waals surface area contributed by atoms with Crippen LogP contribution in [-0.2, 0) is 4.79 Å². The molecule has 0 radical (unpaired) electrons. The number of amides is 1. The van der Waals surface area contributed by atoms with Gasteiger partial charge in [0, 0.05) is 16.9 Å². The lowest BCUT2D eigenvalue weighted by atomic mass is 10.2. The molecule has 0 fully saturated rings. The molecule has 1 amide bonds. The predicted octanol–water partition coefficient (Wildman–Crippen LogP) is 2.60. The fourth-order valence-electron chi connectivity index (χ4n) is 1.76. The largest absolute Gasteiger partial charge is 0.494 e. The maximum absolute atomic E-state index is 11.6. The van der Waals surface area contributed by atoms with Gasteiger partial charge in [-0.2, -0.15) is 0 Å². The summed E-state index contributed by atoms with van der Waals surface area (Å²) < 4.78 is 6.15. The first kappa shape index (κ1) is 11.3. The summed E-state index contributed by atoms with van der Waals surface area (Å²) in [6.07, 6.45) is 0.449. The van der Waals surface area contributed by atoms with E-state index in [1.165, 1.54) is 0 Å². The highest BCUT2D eigenvalue weighted by Gasteiger charge is 2.22. The maximum Gasteiger partial charge on any atom is 0.226 e. The topological polar surface area (TPSA) is 50.4 Å². The van der Waals surface area contributed by atoms with Crippen molar-refractivity contribution >= 4 is 33.2 Å². The van der Waals surface area contributed by atoms with Gasteiger partial charge in [0.15, 0.2) is 0 Å². The maximum atomic E-state index is 11.6. The lowest BCUT2D eigenvalue weighted by Crippen LogP contribution is -2.19. The molecule has 0 bridgehead atoms. The number of nitrogens with one attached hydrogen (secondary N) is 2. The van der Waals surface area contributed by atoms with E-state index >= 15 is 0 Å². The molecule has 0 aromatic heterocycles.